The van der Waals surface area contributed by atoms with Crippen molar-refractivity contribution in [1.29, 1.82) is 0 Å². The van der Waals surface area contributed by atoms with Gasteiger partial charge in [0.2, 0.25) is 0 Å². The molecule has 0 bridgehead atoms. The maximum absolute atomic E-state index is 5.98. The summed E-state index contributed by atoms with van der Waals surface area (Å²) in [4.78, 5) is 2.58. The summed E-state index contributed by atoms with van der Waals surface area (Å²) in [5.74, 6) is 1.81. The van der Waals surface area contributed by atoms with Crippen LogP contribution in [0.5, 0.6) is 0 Å². The van der Waals surface area contributed by atoms with Gasteiger partial charge in [0.15, 0.2) is 0 Å². The van der Waals surface area contributed by atoms with E-state index in [9.17, 15) is 0 Å². The quantitative estimate of drug-likeness (QED) is 0.865. The van der Waals surface area contributed by atoms with Crippen molar-refractivity contribution in [1.82, 2.24) is 4.90 Å². The Hall–Kier alpha value is -0.120. The Kier molecular flexibility index (Phi) is 5.49. The summed E-state index contributed by atoms with van der Waals surface area (Å²) in [7, 11) is 0. The van der Waals surface area contributed by atoms with Crippen molar-refractivity contribution in [2.45, 2.75) is 65.5 Å². The summed E-state index contributed by atoms with van der Waals surface area (Å²) < 4.78 is 5.75. The van der Waals surface area contributed by atoms with Gasteiger partial charge in [-0.05, 0) is 49.9 Å². The lowest BCUT2D eigenvalue weighted by Crippen LogP contribution is -2.50. The molecule has 0 aromatic heterocycles. The Morgan fingerprint density at radius 3 is 2.40 bits per heavy atom. The van der Waals surface area contributed by atoms with Crippen LogP contribution in [0.25, 0.3) is 0 Å². The first-order chi connectivity index (χ1) is 9.36. The lowest BCUT2D eigenvalue weighted by atomic mass is 9.70. The fraction of sp³-hybridized carbons (Fsp3) is 1.00. The normalized spacial score (nSPS) is 35.0. The number of nitrogens with two attached hydrogens (primary N) is 1. The van der Waals surface area contributed by atoms with Gasteiger partial charge in [-0.15, -0.1) is 0 Å². The van der Waals surface area contributed by atoms with Crippen LogP contribution < -0.4 is 5.73 Å². The van der Waals surface area contributed by atoms with E-state index in [2.05, 4.69) is 32.6 Å². The van der Waals surface area contributed by atoms with E-state index in [1.165, 1.54) is 32.2 Å². The second kappa shape index (κ2) is 6.76. The highest BCUT2D eigenvalue weighted by Crippen LogP contribution is 2.40. The van der Waals surface area contributed by atoms with E-state index in [0.29, 0.717) is 5.41 Å². The summed E-state index contributed by atoms with van der Waals surface area (Å²) in [6.45, 7) is 13.5. The van der Waals surface area contributed by atoms with Crippen LogP contribution in [0.1, 0.15) is 53.4 Å². The van der Waals surface area contributed by atoms with Crippen molar-refractivity contribution in [3.63, 3.8) is 0 Å². The predicted molar refractivity (Wildman–Crippen MR) is 84.7 cm³/mol. The smallest absolute Gasteiger partial charge is 0.0850 e. The number of hydrogen-bond donors (Lipinski definition) is 1. The van der Waals surface area contributed by atoms with E-state index in [1.54, 1.807) is 0 Å². The first-order valence-electron chi connectivity index (χ1n) is 8.46. The third kappa shape index (κ3) is 4.44. The number of nitrogens with zero attached hydrogens (tertiary/aromatic N) is 1. The molecular formula is C17H34N2O. The highest BCUT2D eigenvalue weighted by molar-refractivity contribution is 4.84. The van der Waals surface area contributed by atoms with Crippen LogP contribution in [0, 0.1) is 17.3 Å². The topological polar surface area (TPSA) is 38.5 Å². The maximum atomic E-state index is 5.98. The Morgan fingerprint density at radius 2 is 1.85 bits per heavy atom. The number of morpholine rings is 1. The minimum atomic E-state index is 0.148. The lowest BCUT2D eigenvalue weighted by molar-refractivity contribution is -0.0443. The zero-order valence-corrected chi connectivity index (χ0v) is 13.9. The Bertz CT molecular complexity index is 290. The van der Waals surface area contributed by atoms with E-state index in [-0.39, 0.29) is 12.1 Å². The van der Waals surface area contributed by atoms with Crippen molar-refractivity contribution in [2.24, 2.45) is 23.0 Å². The van der Waals surface area contributed by atoms with E-state index in [1.807, 2.05) is 0 Å². The van der Waals surface area contributed by atoms with Gasteiger partial charge in [-0.2, -0.15) is 0 Å². The van der Waals surface area contributed by atoms with E-state index >= 15 is 0 Å². The van der Waals surface area contributed by atoms with Crippen molar-refractivity contribution in [3.05, 3.63) is 0 Å². The van der Waals surface area contributed by atoms with Crippen LogP contribution in [0.2, 0.25) is 0 Å². The van der Waals surface area contributed by atoms with Gasteiger partial charge in [0, 0.05) is 25.7 Å². The predicted octanol–water partition coefficient (Wildman–Crippen LogP) is 2.89. The molecule has 3 heteroatoms. The highest BCUT2D eigenvalue weighted by atomic mass is 16.5. The van der Waals surface area contributed by atoms with Gasteiger partial charge in [-0.3, -0.25) is 4.90 Å². The summed E-state index contributed by atoms with van der Waals surface area (Å²) in [5, 5.41) is 0. The fourth-order valence-electron chi connectivity index (χ4n) is 3.79. The van der Waals surface area contributed by atoms with Gasteiger partial charge >= 0.3 is 0 Å². The minimum Gasteiger partial charge on any atom is -0.374 e. The van der Waals surface area contributed by atoms with Crippen LogP contribution in [0.4, 0.5) is 0 Å². The molecular weight excluding hydrogens is 248 g/mol. The average molecular weight is 282 g/mol. The molecule has 1 heterocycles. The molecule has 0 aromatic carbocycles. The molecule has 0 amide bonds. The molecule has 20 heavy (non-hydrogen) atoms. The zero-order chi connectivity index (χ0) is 14.8. The number of rotatable bonds is 3. The molecule has 1 saturated heterocycles. The van der Waals surface area contributed by atoms with Crippen LogP contribution in [-0.2, 0) is 4.74 Å². The molecule has 2 N–H and O–H groups in total. The molecule has 2 fully saturated rings. The van der Waals surface area contributed by atoms with Gasteiger partial charge < -0.3 is 10.5 Å². The van der Waals surface area contributed by atoms with Crippen LogP contribution in [0.3, 0.4) is 0 Å². The zero-order valence-electron chi connectivity index (χ0n) is 13.9. The standard InChI is InChI=1S/C17H34N2O/c1-13(18)16-12-19(9-10-20-16)11-14-5-7-15(8-6-14)17(2,3)4/h13-16H,5-12,18H2,1-4H3. The molecule has 118 valence electrons. The molecule has 2 aliphatic rings. The lowest BCUT2D eigenvalue weighted by Gasteiger charge is -2.40. The SMILES string of the molecule is CC(N)C1CN(CC2CCC(C(C)(C)C)CC2)CCO1. The van der Waals surface area contributed by atoms with Crippen molar-refractivity contribution >= 4 is 0 Å². The van der Waals surface area contributed by atoms with Gasteiger partial charge in [0.1, 0.15) is 0 Å². The molecule has 0 aromatic rings. The van der Waals surface area contributed by atoms with Crippen molar-refractivity contribution < 1.29 is 4.74 Å². The van der Waals surface area contributed by atoms with Crippen molar-refractivity contribution in [2.75, 3.05) is 26.2 Å². The van der Waals surface area contributed by atoms with Crippen molar-refractivity contribution in [3.8, 4) is 0 Å². The Morgan fingerprint density at radius 1 is 1.20 bits per heavy atom. The second-order valence-corrected chi connectivity index (χ2v) is 8.11. The summed E-state index contributed by atoms with van der Waals surface area (Å²) in [6.07, 6.45) is 5.86. The van der Waals surface area contributed by atoms with E-state index in [0.717, 1.165) is 31.5 Å². The molecule has 2 unspecified atom stereocenters. The number of hydrogen-bond acceptors (Lipinski definition) is 3. The third-order valence-corrected chi connectivity index (χ3v) is 5.35. The van der Waals surface area contributed by atoms with Gasteiger partial charge in [-0.25, -0.2) is 0 Å². The molecule has 0 radical (unpaired) electrons. The maximum Gasteiger partial charge on any atom is 0.0850 e. The second-order valence-electron chi connectivity index (χ2n) is 8.11. The summed E-state index contributed by atoms with van der Waals surface area (Å²) in [5.41, 5.74) is 6.47. The largest absolute Gasteiger partial charge is 0.374 e. The molecule has 1 aliphatic carbocycles. The van der Waals surface area contributed by atoms with Gasteiger partial charge in [0.25, 0.3) is 0 Å². The fourth-order valence-corrected chi connectivity index (χ4v) is 3.79. The van der Waals surface area contributed by atoms with Crippen LogP contribution in [-0.4, -0.2) is 43.3 Å². The number of ether oxygens (including phenoxy) is 1. The monoisotopic (exact) mass is 282 g/mol. The van der Waals surface area contributed by atoms with E-state index < -0.39 is 0 Å². The Labute approximate surface area is 125 Å². The molecule has 1 aliphatic heterocycles. The molecule has 3 nitrogen and oxygen atoms in total. The minimum absolute atomic E-state index is 0.148. The summed E-state index contributed by atoms with van der Waals surface area (Å²) >= 11 is 0. The average Bonchev–Trinajstić information content (AvgIpc) is 2.38. The Balaban J connectivity index is 1.75. The first kappa shape index (κ1) is 16.3. The van der Waals surface area contributed by atoms with E-state index in [4.69, 9.17) is 10.5 Å². The van der Waals surface area contributed by atoms with Crippen LogP contribution in [0.15, 0.2) is 0 Å². The highest BCUT2D eigenvalue weighted by Gasteiger charge is 2.31. The molecule has 0 spiro atoms. The van der Waals surface area contributed by atoms with Gasteiger partial charge in [-0.1, -0.05) is 20.8 Å². The van der Waals surface area contributed by atoms with Crippen LogP contribution >= 0.6 is 0 Å². The molecule has 1 saturated carbocycles. The molecule has 2 rings (SSSR count). The molecule has 2 atom stereocenters. The summed E-state index contributed by atoms with van der Waals surface area (Å²) in [6, 6.07) is 0.148. The first-order valence-corrected chi connectivity index (χ1v) is 8.46. The van der Waals surface area contributed by atoms with Gasteiger partial charge in [0.05, 0.1) is 12.7 Å². The third-order valence-electron chi connectivity index (χ3n) is 5.35.